The number of aliphatic hydroxyl groups is 5. The van der Waals surface area contributed by atoms with Gasteiger partial charge in [-0.2, -0.15) is 0 Å². The molecule has 1 amide bonds. The number of amides is 1. The van der Waals surface area contributed by atoms with Crippen LogP contribution >= 0.6 is 0 Å². The highest BCUT2D eigenvalue weighted by Gasteiger charge is 2.35. The number of allylic oxidation sites excluding steroid dienone is 3. The molecule has 5 N–H and O–H groups in total. The van der Waals surface area contributed by atoms with Crippen molar-refractivity contribution in [2.45, 2.75) is 89.6 Å². The lowest BCUT2D eigenvalue weighted by atomic mass is 9.90. The normalized spacial score (nSPS) is 17.7. The summed E-state index contributed by atoms with van der Waals surface area (Å²) in [5.74, 6) is -2.16. The number of methoxy groups -OCH3 is 2. The van der Waals surface area contributed by atoms with E-state index >= 15 is 0 Å². The third kappa shape index (κ3) is 9.54. The first-order valence-corrected chi connectivity index (χ1v) is 13.4. The highest BCUT2D eigenvalue weighted by Crippen LogP contribution is 2.28. The third-order valence-corrected chi connectivity index (χ3v) is 6.79. The summed E-state index contributed by atoms with van der Waals surface area (Å²) in [6, 6.07) is 0. The van der Waals surface area contributed by atoms with E-state index in [1.165, 1.54) is 34.3 Å². The maximum Gasteiger partial charge on any atom is 0.249 e. The predicted molar refractivity (Wildman–Crippen MR) is 143 cm³/mol. The Morgan fingerprint density at radius 3 is 1.92 bits per heavy atom. The van der Waals surface area contributed by atoms with Crippen LogP contribution in [0.15, 0.2) is 34.3 Å². The molecule has 0 spiro atoms. The molecule has 0 aromatic heterocycles. The topological polar surface area (TPSA) is 174 Å². The van der Waals surface area contributed by atoms with Crippen LogP contribution in [0, 0.1) is 0 Å². The molecule has 39 heavy (non-hydrogen) atoms. The number of Topliss-reactive ketones (excluding diaryl/α,β-unsaturated/α-hetero) is 2. The number of unbranched alkanes of at least 4 members (excludes halogenated alkanes) is 6. The zero-order chi connectivity index (χ0) is 29.7. The minimum absolute atomic E-state index is 0.000538. The highest BCUT2D eigenvalue weighted by atomic mass is 16.5. The predicted octanol–water partition coefficient (Wildman–Crippen LogP) is 0.921. The van der Waals surface area contributed by atoms with Gasteiger partial charge < -0.3 is 39.9 Å². The van der Waals surface area contributed by atoms with Crippen LogP contribution in [-0.4, -0.2) is 107 Å². The van der Waals surface area contributed by atoms with Gasteiger partial charge in [0.15, 0.2) is 0 Å². The number of ether oxygens (including phenoxy) is 2. The maximum atomic E-state index is 13.4. The number of hydrogen-bond donors (Lipinski definition) is 5. The zero-order valence-electron chi connectivity index (χ0n) is 23.7. The Labute approximate surface area is 230 Å². The van der Waals surface area contributed by atoms with Crippen molar-refractivity contribution in [2.75, 3.05) is 34.4 Å². The standard InChI is InChI=1S/C28H45NO10/c1-6-7-8-9-10-11-12-13-18(14-19-17(2)22(33)26(38-4)27(39-5)23(19)34)28(37)29(3)15-20(31)24(35)25(36)21(32)16-30/h14,20-21,24-25,30-32,35-36H,6-13,15-16H2,1-5H3/b18-14+. The van der Waals surface area contributed by atoms with Crippen molar-refractivity contribution >= 4 is 17.5 Å². The van der Waals surface area contributed by atoms with Crippen molar-refractivity contribution in [3.05, 3.63) is 34.3 Å². The molecule has 0 aromatic rings. The SMILES string of the molecule is CCCCCCCCC/C(=C\C1=C(C)C(=O)C(OC)=C(OC)C1=O)C(=O)N(C)CC(O)C(O)C(O)C(O)CO. The van der Waals surface area contributed by atoms with E-state index in [0.29, 0.717) is 12.8 Å². The molecule has 11 nitrogen and oxygen atoms in total. The van der Waals surface area contributed by atoms with Crippen LogP contribution in [-0.2, 0) is 23.9 Å². The van der Waals surface area contributed by atoms with E-state index in [1.807, 2.05) is 0 Å². The lowest BCUT2D eigenvalue weighted by molar-refractivity contribution is -0.135. The number of nitrogens with zero attached hydrogens (tertiary/aromatic N) is 1. The van der Waals surface area contributed by atoms with E-state index in [2.05, 4.69) is 6.92 Å². The van der Waals surface area contributed by atoms with Gasteiger partial charge in [-0.3, -0.25) is 14.4 Å². The van der Waals surface area contributed by atoms with Crippen LogP contribution in [0.3, 0.4) is 0 Å². The van der Waals surface area contributed by atoms with E-state index in [4.69, 9.17) is 14.6 Å². The molecule has 11 heteroatoms. The molecule has 1 aliphatic carbocycles. The number of carbonyl (C=O) groups excluding carboxylic acids is 3. The molecule has 1 rings (SSSR count). The second kappa shape index (κ2) is 17.2. The molecule has 0 radical (unpaired) electrons. The van der Waals surface area contributed by atoms with Gasteiger partial charge in [-0.05, 0) is 25.8 Å². The maximum absolute atomic E-state index is 13.4. The van der Waals surface area contributed by atoms with Crippen molar-refractivity contribution in [1.29, 1.82) is 0 Å². The quantitative estimate of drug-likeness (QED) is 0.0929. The van der Waals surface area contributed by atoms with Crippen molar-refractivity contribution in [3.8, 4) is 0 Å². The summed E-state index contributed by atoms with van der Waals surface area (Å²) in [5.41, 5.74) is 0.316. The first-order chi connectivity index (χ1) is 18.5. The first kappa shape index (κ1) is 34.5. The van der Waals surface area contributed by atoms with Crippen LogP contribution in [0.5, 0.6) is 0 Å². The van der Waals surface area contributed by atoms with Gasteiger partial charge in [0.05, 0.1) is 20.8 Å². The van der Waals surface area contributed by atoms with E-state index in [9.17, 15) is 34.8 Å². The fourth-order valence-corrected chi connectivity index (χ4v) is 4.30. The van der Waals surface area contributed by atoms with Gasteiger partial charge in [0.1, 0.15) is 24.4 Å². The second-order valence-electron chi connectivity index (χ2n) is 9.79. The molecule has 0 heterocycles. The largest absolute Gasteiger partial charge is 0.489 e. The van der Waals surface area contributed by atoms with Gasteiger partial charge in [-0.25, -0.2) is 0 Å². The summed E-state index contributed by atoms with van der Waals surface area (Å²) in [6.07, 6.45) is 1.68. The van der Waals surface area contributed by atoms with Gasteiger partial charge in [0.25, 0.3) is 0 Å². The molecule has 222 valence electrons. The number of carbonyl (C=O) groups is 3. The summed E-state index contributed by atoms with van der Waals surface area (Å²) in [6.45, 7) is 2.36. The number of ketones is 2. The van der Waals surface area contributed by atoms with Crippen molar-refractivity contribution in [2.24, 2.45) is 0 Å². The number of hydrogen-bond acceptors (Lipinski definition) is 10. The van der Waals surface area contributed by atoms with Gasteiger partial charge in [0, 0.05) is 30.3 Å². The molecular weight excluding hydrogens is 510 g/mol. The molecule has 0 aliphatic heterocycles. The monoisotopic (exact) mass is 555 g/mol. The third-order valence-electron chi connectivity index (χ3n) is 6.79. The fraction of sp³-hybridized carbons (Fsp3) is 0.679. The second-order valence-corrected chi connectivity index (χ2v) is 9.79. The van der Waals surface area contributed by atoms with Crippen LogP contribution in [0.4, 0.5) is 0 Å². The Bertz CT molecular complexity index is 939. The summed E-state index contributed by atoms with van der Waals surface area (Å²) in [5, 5.41) is 48.9. The Morgan fingerprint density at radius 2 is 1.38 bits per heavy atom. The lowest BCUT2D eigenvalue weighted by Crippen LogP contribution is -2.50. The minimum Gasteiger partial charge on any atom is -0.489 e. The molecule has 4 atom stereocenters. The number of likely N-dealkylation sites (N-methyl/N-ethyl adjacent to an activating group) is 1. The number of rotatable bonds is 18. The first-order valence-electron chi connectivity index (χ1n) is 13.4. The van der Waals surface area contributed by atoms with Crippen LogP contribution in [0.2, 0.25) is 0 Å². The Kier molecular flexibility index (Phi) is 15.2. The minimum atomic E-state index is -1.83. The van der Waals surface area contributed by atoms with Crippen molar-refractivity contribution in [3.63, 3.8) is 0 Å². The number of aliphatic hydroxyl groups excluding tert-OH is 5. The Hall–Kier alpha value is -2.57. The smallest absolute Gasteiger partial charge is 0.249 e. The molecule has 0 saturated carbocycles. The van der Waals surface area contributed by atoms with Gasteiger partial charge in [-0.15, -0.1) is 0 Å². The van der Waals surface area contributed by atoms with Crippen LogP contribution in [0.1, 0.15) is 65.2 Å². The van der Waals surface area contributed by atoms with Crippen LogP contribution < -0.4 is 0 Å². The summed E-state index contributed by atoms with van der Waals surface area (Å²) in [4.78, 5) is 40.5. The van der Waals surface area contributed by atoms with Gasteiger partial charge in [0.2, 0.25) is 29.0 Å². The molecule has 0 bridgehead atoms. The summed E-state index contributed by atoms with van der Waals surface area (Å²) in [7, 11) is 3.88. The Balaban J connectivity index is 3.21. The van der Waals surface area contributed by atoms with Crippen LogP contribution in [0.25, 0.3) is 0 Å². The molecular formula is C28H45NO10. The average molecular weight is 556 g/mol. The van der Waals surface area contributed by atoms with E-state index < -0.39 is 55.0 Å². The average Bonchev–Trinajstić information content (AvgIpc) is 2.93. The molecule has 0 fully saturated rings. The Morgan fingerprint density at radius 1 is 0.872 bits per heavy atom. The lowest BCUT2D eigenvalue weighted by Gasteiger charge is -2.29. The zero-order valence-corrected chi connectivity index (χ0v) is 23.7. The highest BCUT2D eigenvalue weighted by molar-refractivity contribution is 6.24. The summed E-state index contributed by atoms with van der Waals surface area (Å²) < 4.78 is 10.2. The fourth-order valence-electron chi connectivity index (χ4n) is 4.30. The van der Waals surface area contributed by atoms with Crippen molar-refractivity contribution < 1.29 is 49.4 Å². The molecule has 0 saturated heterocycles. The van der Waals surface area contributed by atoms with Gasteiger partial charge >= 0.3 is 0 Å². The van der Waals surface area contributed by atoms with E-state index in [1.54, 1.807) is 0 Å². The van der Waals surface area contributed by atoms with Gasteiger partial charge in [-0.1, -0.05) is 45.4 Å². The van der Waals surface area contributed by atoms with E-state index in [0.717, 1.165) is 43.4 Å². The van der Waals surface area contributed by atoms with Crippen molar-refractivity contribution in [1.82, 2.24) is 4.90 Å². The molecule has 0 aromatic carbocycles. The summed E-state index contributed by atoms with van der Waals surface area (Å²) >= 11 is 0. The van der Waals surface area contributed by atoms with E-state index in [-0.39, 0.29) is 28.2 Å². The molecule has 4 unspecified atom stereocenters. The molecule has 1 aliphatic rings.